The molecule has 5 aliphatic heterocycles. The number of ether oxygens (including phenoxy) is 2. The monoisotopic (exact) mass is 850 g/mol. The number of aryl methyl sites for hydroxylation is 1. The quantitative estimate of drug-likeness (QED) is 0.141. The van der Waals surface area contributed by atoms with Crippen molar-refractivity contribution in [1.29, 1.82) is 0 Å². The number of carbonyl (C=O) groups excluding carboxylic acids is 1. The summed E-state index contributed by atoms with van der Waals surface area (Å²) >= 11 is 0. The van der Waals surface area contributed by atoms with Crippen LogP contribution < -0.4 is 20.5 Å². The fraction of sp³-hybridized carbons (Fsp3) is 0.538. The van der Waals surface area contributed by atoms with Crippen LogP contribution >= 0.6 is 0 Å². The Morgan fingerprint density at radius 3 is 2.65 bits per heavy atom. The number of aliphatic hydroxyl groups is 3. The predicted octanol–water partition coefficient (Wildman–Crippen LogP) is 6.43. The number of hydrogen-bond donors (Lipinski definition) is 6. The van der Waals surface area contributed by atoms with Crippen molar-refractivity contribution in [2.75, 3.05) is 13.1 Å². The molecule has 11 nitrogen and oxygen atoms in total. The van der Waals surface area contributed by atoms with Gasteiger partial charge in [-0.2, -0.15) is 0 Å². The highest BCUT2D eigenvalue weighted by Gasteiger charge is 2.55. The summed E-state index contributed by atoms with van der Waals surface area (Å²) in [5.74, 6) is 10.6. The first kappa shape index (κ1) is 40.9. The van der Waals surface area contributed by atoms with Crippen LogP contribution in [0, 0.1) is 52.5 Å². The number of rotatable bonds is 6. The van der Waals surface area contributed by atoms with E-state index in [9.17, 15) is 25.2 Å². The third-order valence-corrected chi connectivity index (χ3v) is 16.3. The molecular weight excluding hydrogens is 793 g/mol. The van der Waals surface area contributed by atoms with Crippen LogP contribution in [0.4, 0.5) is 0 Å². The maximum absolute atomic E-state index is 13.3. The molecule has 2 aromatic rings. The smallest absolute Gasteiger partial charge is 0.187 e. The SMILES string of the molecule is C[C@@H]1C=C[C@@H]([C@@H](O)CC(=O)CCc2cc3c(cc2O)OC#CC2(CCCC2)[C@@H]2C#C[C@H](O)c4ccc5c6c4[C@H](C4=CN=C7CN(C=C47)[C@@H]2O3)C2(CCCC2)C[C@@H]6CN[C@@H]5N)[C@H](O)C1. The molecule has 328 valence electrons. The zero-order chi connectivity index (χ0) is 43.2. The molecule has 0 unspecified atom stereocenters. The molecule has 2 bridgehead atoms. The summed E-state index contributed by atoms with van der Waals surface area (Å²) in [6.45, 7) is 3.33. The Kier molecular flexibility index (Phi) is 10.2. The minimum absolute atomic E-state index is 0.0121. The Labute approximate surface area is 369 Å². The third kappa shape index (κ3) is 6.85. The van der Waals surface area contributed by atoms with Crippen molar-refractivity contribution in [3.8, 4) is 41.1 Å². The molecule has 2 aromatic carbocycles. The minimum Gasteiger partial charge on any atom is -0.508 e. The van der Waals surface area contributed by atoms with Crippen LogP contribution in [-0.4, -0.2) is 68.3 Å². The van der Waals surface area contributed by atoms with E-state index in [1.807, 2.05) is 19.1 Å². The average molecular weight is 851 g/mol. The first-order chi connectivity index (χ1) is 30.5. The fourth-order valence-corrected chi connectivity index (χ4v) is 13.1. The number of nitrogens with one attached hydrogen (secondary N) is 1. The lowest BCUT2D eigenvalue weighted by Gasteiger charge is -2.50. The number of Topliss-reactive ketones (excluding diaryl/α,β-unsaturated/α-hetero) is 1. The second-order valence-corrected chi connectivity index (χ2v) is 20.1. The van der Waals surface area contributed by atoms with Crippen molar-refractivity contribution in [3.63, 3.8) is 0 Å². The summed E-state index contributed by atoms with van der Waals surface area (Å²) in [5.41, 5.74) is 14.4. The van der Waals surface area contributed by atoms with Crippen LogP contribution in [-0.2, 0) is 11.2 Å². The van der Waals surface area contributed by atoms with Gasteiger partial charge in [0.15, 0.2) is 17.7 Å². The number of aliphatic imine (C=N–C) groups is 1. The van der Waals surface area contributed by atoms with Gasteiger partial charge in [0.25, 0.3) is 0 Å². The van der Waals surface area contributed by atoms with E-state index in [1.165, 1.54) is 35.6 Å². The lowest BCUT2D eigenvalue weighted by atomic mass is 9.55. The van der Waals surface area contributed by atoms with Crippen molar-refractivity contribution < 1.29 is 34.7 Å². The van der Waals surface area contributed by atoms with Crippen molar-refractivity contribution >= 4 is 11.5 Å². The van der Waals surface area contributed by atoms with Gasteiger partial charge in [-0.05, 0) is 102 Å². The predicted molar refractivity (Wildman–Crippen MR) is 237 cm³/mol. The van der Waals surface area contributed by atoms with E-state index in [2.05, 4.69) is 58.6 Å². The number of allylic oxidation sites excluding steroid dienone is 2. The molecule has 2 fully saturated rings. The minimum atomic E-state index is -1.07. The highest BCUT2D eigenvalue weighted by Crippen LogP contribution is 2.64. The summed E-state index contributed by atoms with van der Waals surface area (Å²) in [6, 6.07) is 7.42. The van der Waals surface area contributed by atoms with Crippen LogP contribution in [0.3, 0.4) is 0 Å². The van der Waals surface area contributed by atoms with Gasteiger partial charge in [-0.25, -0.2) is 0 Å². The van der Waals surface area contributed by atoms with Gasteiger partial charge in [0, 0.05) is 55.3 Å². The van der Waals surface area contributed by atoms with Crippen LogP contribution in [0.1, 0.15) is 136 Å². The third-order valence-electron chi connectivity index (χ3n) is 16.3. The van der Waals surface area contributed by atoms with Crippen molar-refractivity contribution in [2.24, 2.45) is 39.3 Å². The number of phenolic OH excluding ortho intramolecular Hbond substituents is 1. The molecule has 9 aliphatic rings. The first-order valence-electron chi connectivity index (χ1n) is 23.4. The summed E-state index contributed by atoms with van der Waals surface area (Å²) < 4.78 is 13.3. The Bertz CT molecular complexity index is 2490. The van der Waals surface area contributed by atoms with Crippen LogP contribution in [0.25, 0.3) is 0 Å². The normalized spacial score (nSPS) is 32.8. The summed E-state index contributed by atoms with van der Waals surface area (Å²) in [4.78, 5) is 20.6. The van der Waals surface area contributed by atoms with E-state index >= 15 is 0 Å². The summed E-state index contributed by atoms with van der Waals surface area (Å²) in [6.07, 6.45) is 17.3. The zero-order valence-electron chi connectivity index (χ0n) is 36.0. The average Bonchev–Trinajstić information content (AvgIpc) is 4.09. The fourth-order valence-electron chi connectivity index (χ4n) is 13.1. The van der Waals surface area contributed by atoms with Gasteiger partial charge >= 0.3 is 0 Å². The number of ketones is 1. The number of nitrogens with two attached hydrogens (primary N) is 1. The Morgan fingerprint density at radius 2 is 1.84 bits per heavy atom. The second-order valence-electron chi connectivity index (χ2n) is 20.1. The van der Waals surface area contributed by atoms with Crippen LogP contribution in [0.5, 0.6) is 17.2 Å². The second kappa shape index (κ2) is 15.7. The number of fused-ring (bicyclic) bond motifs is 7. The highest BCUT2D eigenvalue weighted by atomic mass is 16.5. The van der Waals surface area contributed by atoms with Gasteiger partial charge in [-0.3, -0.25) is 15.1 Å². The number of hydrogen-bond acceptors (Lipinski definition) is 11. The van der Waals surface area contributed by atoms with Crippen molar-refractivity contribution in [3.05, 3.63) is 87.8 Å². The highest BCUT2D eigenvalue weighted by molar-refractivity contribution is 6.10. The molecule has 63 heavy (non-hydrogen) atoms. The lowest BCUT2D eigenvalue weighted by molar-refractivity contribution is -0.122. The van der Waals surface area contributed by atoms with Crippen molar-refractivity contribution in [1.82, 2.24) is 10.2 Å². The summed E-state index contributed by atoms with van der Waals surface area (Å²) in [5, 5.41) is 48.9. The molecule has 0 aromatic heterocycles. The number of carbonyl (C=O) groups is 1. The molecule has 11 rings (SSSR count). The molecule has 0 saturated heterocycles. The maximum atomic E-state index is 13.3. The number of aromatic hydroxyl groups is 1. The van der Waals surface area contributed by atoms with Gasteiger partial charge in [0.1, 0.15) is 23.7 Å². The van der Waals surface area contributed by atoms with Crippen LogP contribution in [0.2, 0.25) is 0 Å². The standard InChI is InChI=1S/C52H58N4O7/c1-29-6-9-33(42(60)20-29)43(61)22-32(57)8-7-30-21-45-44(23-41(30)59)62-19-18-51(14-2-3-15-51)38-12-13-40(58)34-10-11-35-46-31(25-55-49(35)53)24-52(16-4-5-17-52)48(47(34)46)36-26-54-39-28-56(27-37(36)39)50(38)63-45/h6,9-11,21,23,26-27,29,31,33,38,40,42-43,48-50,55,58-61H,2-5,7-8,14-17,20,22,24-25,28,53H2,1H3/t29-,31-,33-,38-,40+,42-,43+,48+,49+,50-/m1/s1. The number of benzene rings is 2. The van der Waals surface area contributed by atoms with E-state index in [-0.39, 0.29) is 60.0 Å². The first-order valence-corrected chi connectivity index (χ1v) is 23.4. The molecule has 4 aliphatic carbocycles. The van der Waals surface area contributed by atoms with E-state index in [0.29, 0.717) is 30.2 Å². The molecule has 2 spiro atoms. The Morgan fingerprint density at radius 1 is 1.05 bits per heavy atom. The molecular formula is C52H58N4O7. The largest absolute Gasteiger partial charge is 0.508 e. The maximum Gasteiger partial charge on any atom is 0.187 e. The van der Waals surface area contributed by atoms with E-state index < -0.39 is 41.8 Å². The molecule has 10 atom stereocenters. The molecule has 11 heteroatoms. The molecule has 2 saturated carbocycles. The van der Waals surface area contributed by atoms with Gasteiger partial charge in [0.2, 0.25) is 0 Å². The van der Waals surface area contributed by atoms with Gasteiger partial charge in [-0.15, -0.1) is 0 Å². The Hall–Kier alpha value is -4.88. The van der Waals surface area contributed by atoms with E-state index in [4.69, 9.17) is 20.2 Å². The lowest BCUT2D eigenvalue weighted by Crippen LogP contribution is -2.47. The number of nitrogens with zero attached hydrogens (tertiary/aromatic N) is 2. The van der Waals surface area contributed by atoms with E-state index in [1.54, 1.807) is 6.07 Å². The van der Waals surface area contributed by atoms with Gasteiger partial charge in [-0.1, -0.05) is 74.7 Å². The van der Waals surface area contributed by atoms with Gasteiger partial charge < -0.3 is 40.5 Å². The summed E-state index contributed by atoms with van der Waals surface area (Å²) in [7, 11) is 0. The Balaban J connectivity index is 0.984. The number of phenols is 1. The van der Waals surface area contributed by atoms with Gasteiger partial charge in [0.05, 0.1) is 42.0 Å². The molecule has 0 amide bonds. The molecule has 5 heterocycles. The number of aliphatic hydroxyl groups excluding tert-OH is 3. The molecule has 0 radical (unpaired) electrons. The topological polar surface area (TPSA) is 170 Å². The molecule has 7 N–H and O–H groups in total. The van der Waals surface area contributed by atoms with Crippen LogP contribution in [0.15, 0.2) is 65.0 Å². The zero-order valence-corrected chi connectivity index (χ0v) is 36.0. The van der Waals surface area contributed by atoms with E-state index in [0.717, 1.165) is 73.9 Å². The van der Waals surface area contributed by atoms with Crippen molar-refractivity contribution in [2.45, 2.75) is 133 Å².